The van der Waals surface area contributed by atoms with E-state index < -0.39 is 0 Å². The second kappa shape index (κ2) is 7.77. The highest BCUT2D eigenvalue weighted by Gasteiger charge is 2.38. The average Bonchev–Trinajstić information content (AvgIpc) is 3.28. The molecule has 3 heteroatoms. The number of methoxy groups -OCH3 is 1. The highest BCUT2D eigenvalue weighted by Crippen LogP contribution is 2.38. The number of nitrogens with zero attached hydrogens (tertiary/aromatic N) is 1. The van der Waals surface area contributed by atoms with E-state index in [0.29, 0.717) is 5.41 Å². The molecule has 2 rings (SSSR count). The maximum absolute atomic E-state index is 5.35. The number of rotatable bonds is 9. The molecule has 2 atom stereocenters. The van der Waals surface area contributed by atoms with E-state index in [4.69, 9.17) is 4.74 Å². The van der Waals surface area contributed by atoms with Crippen LogP contribution in [0.25, 0.3) is 0 Å². The van der Waals surface area contributed by atoms with Crippen molar-refractivity contribution in [3.8, 4) is 0 Å². The second-order valence-corrected chi connectivity index (χ2v) is 7.07. The average molecular weight is 282 g/mol. The van der Waals surface area contributed by atoms with Crippen LogP contribution < -0.4 is 5.32 Å². The van der Waals surface area contributed by atoms with Gasteiger partial charge in [-0.1, -0.05) is 13.3 Å². The van der Waals surface area contributed by atoms with Crippen molar-refractivity contribution >= 4 is 0 Å². The first-order chi connectivity index (χ1) is 9.71. The Kier molecular flexibility index (Phi) is 6.31. The first-order valence-electron chi connectivity index (χ1n) is 8.64. The lowest BCUT2D eigenvalue weighted by molar-refractivity contribution is 0.0530. The molecule has 1 N–H and O–H groups in total. The summed E-state index contributed by atoms with van der Waals surface area (Å²) >= 11 is 0. The van der Waals surface area contributed by atoms with E-state index >= 15 is 0 Å². The zero-order valence-electron chi connectivity index (χ0n) is 13.8. The first-order valence-corrected chi connectivity index (χ1v) is 8.64. The number of hydrogen-bond acceptors (Lipinski definition) is 3. The monoisotopic (exact) mass is 282 g/mol. The Hall–Kier alpha value is -0.120. The van der Waals surface area contributed by atoms with Crippen LogP contribution in [-0.2, 0) is 4.74 Å². The summed E-state index contributed by atoms with van der Waals surface area (Å²) < 4.78 is 5.35. The van der Waals surface area contributed by atoms with Gasteiger partial charge in [0.1, 0.15) is 0 Å². The van der Waals surface area contributed by atoms with Gasteiger partial charge in [-0.15, -0.1) is 0 Å². The van der Waals surface area contributed by atoms with Crippen LogP contribution in [0.5, 0.6) is 0 Å². The van der Waals surface area contributed by atoms with E-state index in [1.165, 1.54) is 58.2 Å². The van der Waals surface area contributed by atoms with E-state index in [0.717, 1.165) is 25.1 Å². The summed E-state index contributed by atoms with van der Waals surface area (Å²) in [6, 6.07) is 0.737. The smallest absolute Gasteiger partial charge is 0.0589 e. The van der Waals surface area contributed by atoms with Gasteiger partial charge in [-0.3, -0.25) is 4.90 Å². The molecular formula is C17H34N2O. The SMILES string of the molecule is CCCC1(CN(CCOC)C(C)C2CC2)CCCNC1. The van der Waals surface area contributed by atoms with Gasteiger partial charge < -0.3 is 10.1 Å². The minimum Gasteiger partial charge on any atom is -0.383 e. The normalized spacial score (nSPS) is 28.8. The molecule has 1 saturated carbocycles. The molecular weight excluding hydrogens is 248 g/mol. The topological polar surface area (TPSA) is 24.5 Å². The van der Waals surface area contributed by atoms with Gasteiger partial charge in [0.15, 0.2) is 0 Å². The van der Waals surface area contributed by atoms with Gasteiger partial charge in [-0.2, -0.15) is 0 Å². The zero-order valence-corrected chi connectivity index (χ0v) is 13.8. The van der Waals surface area contributed by atoms with Gasteiger partial charge in [0.05, 0.1) is 6.61 Å². The van der Waals surface area contributed by atoms with Crippen LogP contribution in [0.15, 0.2) is 0 Å². The predicted octanol–water partition coefficient (Wildman–Crippen LogP) is 2.90. The lowest BCUT2D eigenvalue weighted by Gasteiger charge is -2.43. The Balaban J connectivity index is 1.98. The number of hydrogen-bond donors (Lipinski definition) is 1. The molecule has 1 aliphatic heterocycles. The fourth-order valence-corrected chi connectivity index (χ4v) is 3.93. The number of ether oxygens (including phenoxy) is 1. The van der Waals surface area contributed by atoms with E-state index in [1.54, 1.807) is 0 Å². The van der Waals surface area contributed by atoms with Gasteiger partial charge in [-0.25, -0.2) is 0 Å². The summed E-state index contributed by atoms with van der Waals surface area (Å²) in [7, 11) is 1.82. The molecule has 0 aromatic heterocycles. The third-order valence-electron chi connectivity index (χ3n) is 5.34. The van der Waals surface area contributed by atoms with Crippen LogP contribution in [-0.4, -0.2) is 50.8 Å². The molecule has 0 bridgehead atoms. The van der Waals surface area contributed by atoms with Crippen molar-refractivity contribution in [2.45, 2.75) is 58.4 Å². The van der Waals surface area contributed by atoms with Crippen molar-refractivity contribution in [2.75, 3.05) is 39.9 Å². The fraction of sp³-hybridized carbons (Fsp3) is 1.00. The van der Waals surface area contributed by atoms with Crippen molar-refractivity contribution in [2.24, 2.45) is 11.3 Å². The summed E-state index contributed by atoms with van der Waals surface area (Å²) in [6.45, 7) is 10.4. The molecule has 2 fully saturated rings. The van der Waals surface area contributed by atoms with E-state index in [-0.39, 0.29) is 0 Å². The van der Waals surface area contributed by atoms with E-state index in [2.05, 4.69) is 24.1 Å². The minimum absolute atomic E-state index is 0.504. The molecule has 1 heterocycles. The third-order valence-corrected chi connectivity index (χ3v) is 5.34. The first kappa shape index (κ1) is 16.3. The molecule has 20 heavy (non-hydrogen) atoms. The zero-order chi connectivity index (χ0) is 14.4. The van der Waals surface area contributed by atoms with Crippen LogP contribution >= 0.6 is 0 Å². The van der Waals surface area contributed by atoms with Crippen molar-refractivity contribution in [3.63, 3.8) is 0 Å². The predicted molar refractivity (Wildman–Crippen MR) is 85.1 cm³/mol. The van der Waals surface area contributed by atoms with E-state index in [9.17, 15) is 0 Å². The van der Waals surface area contributed by atoms with Crippen LogP contribution in [0.1, 0.15) is 52.4 Å². The summed E-state index contributed by atoms with van der Waals surface area (Å²) in [5.74, 6) is 0.946. The summed E-state index contributed by atoms with van der Waals surface area (Å²) in [5.41, 5.74) is 0.504. The Morgan fingerprint density at radius 2 is 2.20 bits per heavy atom. The highest BCUT2D eigenvalue weighted by molar-refractivity contribution is 4.92. The summed E-state index contributed by atoms with van der Waals surface area (Å²) in [6.07, 6.45) is 8.27. The molecule has 0 aromatic carbocycles. The molecule has 0 amide bonds. The molecule has 118 valence electrons. The maximum Gasteiger partial charge on any atom is 0.0589 e. The quantitative estimate of drug-likeness (QED) is 0.704. The molecule has 3 nitrogen and oxygen atoms in total. The lowest BCUT2D eigenvalue weighted by atomic mass is 9.76. The Morgan fingerprint density at radius 3 is 2.75 bits per heavy atom. The fourth-order valence-electron chi connectivity index (χ4n) is 3.93. The molecule has 2 unspecified atom stereocenters. The Labute approximate surface area is 125 Å². The van der Waals surface area contributed by atoms with E-state index in [1.807, 2.05) is 7.11 Å². The molecule has 2 aliphatic rings. The van der Waals surface area contributed by atoms with Gasteiger partial charge in [0, 0.05) is 32.8 Å². The maximum atomic E-state index is 5.35. The van der Waals surface area contributed by atoms with Crippen molar-refractivity contribution in [1.82, 2.24) is 10.2 Å². The highest BCUT2D eigenvalue weighted by atomic mass is 16.5. The third kappa shape index (κ3) is 4.44. The van der Waals surface area contributed by atoms with Crippen LogP contribution in [0.2, 0.25) is 0 Å². The summed E-state index contributed by atoms with van der Waals surface area (Å²) in [4.78, 5) is 2.73. The Bertz CT molecular complexity index is 267. The largest absolute Gasteiger partial charge is 0.383 e. The van der Waals surface area contributed by atoms with Crippen molar-refractivity contribution in [1.29, 1.82) is 0 Å². The lowest BCUT2D eigenvalue weighted by Crippen LogP contribution is -2.50. The van der Waals surface area contributed by atoms with Crippen molar-refractivity contribution < 1.29 is 4.74 Å². The number of nitrogens with one attached hydrogen (secondary N) is 1. The van der Waals surface area contributed by atoms with Gasteiger partial charge in [0.25, 0.3) is 0 Å². The minimum atomic E-state index is 0.504. The number of piperidine rings is 1. The summed E-state index contributed by atoms with van der Waals surface area (Å²) in [5, 5.41) is 3.65. The second-order valence-electron chi connectivity index (χ2n) is 7.07. The van der Waals surface area contributed by atoms with Crippen LogP contribution in [0.3, 0.4) is 0 Å². The van der Waals surface area contributed by atoms with Crippen LogP contribution in [0, 0.1) is 11.3 Å². The molecule has 0 spiro atoms. The molecule has 0 radical (unpaired) electrons. The Morgan fingerprint density at radius 1 is 1.40 bits per heavy atom. The van der Waals surface area contributed by atoms with Crippen molar-refractivity contribution in [3.05, 3.63) is 0 Å². The standard InChI is InChI=1S/C17H34N2O/c1-4-8-17(9-5-10-18-13-17)14-19(11-12-20-3)15(2)16-6-7-16/h15-16,18H,4-14H2,1-3H3. The van der Waals surface area contributed by atoms with Gasteiger partial charge >= 0.3 is 0 Å². The van der Waals surface area contributed by atoms with Crippen LogP contribution in [0.4, 0.5) is 0 Å². The molecule has 1 saturated heterocycles. The molecule has 0 aromatic rings. The molecule has 1 aliphatic carbocycles. The van der Waals surface area contributed by atoms with Gasteiger partial charge in [0.2, 0.25) is 0 Å². The van der Waals surface area contributed by atoms with Gasteiger partial charge in [-0.05, 0) is 56.9 Å².